The van der Waals surface area contributed by atoms with Gasteiger partial charge in [0.2, 0.25) is 5.75 Å². The Bertz CT molecular complexity index is 912. The quantitative estimate of drug-likeness (QED) is 0.343. The summed E-state index contributed by atoms with van der Waals surface area (Å²) in [7, 11) is 0. The molecule has 0 bridgehead atoms. The first-order valence-corrected chi connectivity index (χ1v) is 8.30. The summed E-state index contributed by atoms with van der Waals surface area (Å²) in [6.45, 7) is 4.10. The molecule has 3 aromatic rings. The number of allylic oxidation sites excluding steroid dienone is 1. The molecule has 1 aromatic heterocycles. The van der Waals surface area contributed by atoms with E-state index in [1.165, 1.54) is 0 Å². The fraction of sp³-hybridized carbons (Fsp3) is 0.105. The smallest absolute Gasteiger partial charge is 0.379 e. The van der Waals surface area contributed by atoms with Gasteiger partial charge in [-0.1, -0.05) is 42.5 Å². The van der Waals surface area contributed by atoms with Crippen molar-refractivity contribution in [3.05, 3.63) is 86.3 Å². The van der Waals surface area contributed by atoms with E-state index in [4.69, 9.17) is 9.15 Å². The van der Waals surface area contributed by atoms with Gasteiger partial charge in [-0.05, 0) is 41.1 Å². The second kappa shape index (κ2) is 7.00. The van der Waals surface area contributed by atoms with E-state index in [0.29, 0.717) is 18.6 Å². The van der Waals surface area contributed by atoms with Crippen LogP contribution < -0.4 is 10.4 Å². The highest BCUT2D eigenvalue weighted by molar-refractivity contribution is 14.1. The van der Waals surface area contributed by atoms with Crippen molar-refractivity contribution < 1.29 is 9.15 Å². The number of para-hydroxylation sites is 1. The molecule has 0 radical (unpaired) electrons. The topological polar surface area (TPSA) is 39.4 Å². The summed E-state index contributed by atoms with van der Waals surface area (Å²) >= 11 is 2.25. The maximum atomic E-state index is 12.3. The lowest BCUT2D eigenvalue weighted by Gasteiger charge is -2.12. The maximum Gasteiger partial charge on any atom is 0.379 e. The van der Waals surface area contributed by atoms with Crippen LogP contribution in [0, 0.1) is 3.57 Å². The van der Waals surface area contributed by atoms with Gasteiger partial charge in [0, 0.05) is 20.1 Å². The summed E-state index contributed by atoms with van der Waals surface area (Å²) in [6, 6.07) is 15.4. The van der Waals surface area contributed by atoms with Gasteiger partial charge in [0.05, 0.1) is 0 Å². The minimum atomic E-state index is -0.452. The van der Waals surface area contributed by atoms with Crippen LogP contribution in [0.1, 0.15) is 11.1 Å². The lowest BCUT2D eigenvalue weighted by molar-refractivity contribution is 0.287. The van der Waals surface area contributed by atoms with Crippen LogP contribution in [-0.4, -0.2) is 0 Å². The molecule has 0 fully saturated rings. The van der Waals surface area contributed by atoms with Crippen LogP contribution in [0.25, 0.3) is 11.0 Å². The molecule has 0 spiro atoms. The lowest BCUT2D eigenvalue weighted by Crippen LogP contribution is -2.11. The molecule has 3 nitrogen and oxygen atoms in total. The first-order valence-electron chi connectivity index (χ1n) is 7.22. The minimum Gasteiger partial charge on any atom is -0.481 e. The predicted octanol–water partition coefficient (Wildman–Crippen LogP) is 4.71. The summed E-state index contributed by atoms with van der Waals surface area (Å²) in [5.74, 6) is 0.267. The van der Waals surface area contributed by atoms with Crippen LogP contribution in [0.5, 0.6) is 5.75 Å². The monoisotopic (exact) mass is 418 g/mol. The molecule has 23 heavy (non-hydrogen) atoms. The first-order chi connectivity index (χ1) is 11.2. The fourth-order valence-corrected chi connectivity index (χ4v) is 3.00. The van der Waals surface area contributed by atoms with E-state index < -0.39 is 5.63 Å². The van der Waals surface area contributed by atoms with Crippen LogP contribution >= 0.6 is 22.6 Å². The van der Waals surface area contributed by atoms with Crippen LogP contribution in [0.15, 0.2) is 70.4 Å². The van der Waals surface area contributed by atoms with Crippen molar-refractivity contribution in [3.8, 4) is 5.75 Å². The average molecular weight is 418 g/mol. The summed E-state index contributed by atoms with van der Waals surface area (Å²) in [6.07, 6.45) is 2.31. The molecule has 0 saturated heterocycles. The van der Waals surface area contributed by atoms with E-state index >= 15 is 0 Å². The number of rotatable bonds is 5. The molecule has 0 atom stereocenters. The third-order valence-corrected chi connectivity index (χ3v) is 4.61. The van der Waals surface area contributed by atoms with Gasteiger partial charge in [-0.2, -0.15) is 0 Å². The van der Waals surface area contributed by atoms with Crippen molar-refractivity contribution in [2.24, 2.45) is 0 Å². The van der Waals surface area contributed by atoms with Crippen LogP contribution in [0.3, 0.4) is 0 Å². The Labute approximate surface area is 147 Å². The van der Waals surface area contributed by atoms with Crippen molar-refractivity contribution in [2.45, 2.75) is 13.0 Å². The molecule has 1 heterocycles. The number of hydrogen-bond donors (Lipinski definition) is 0. The Hall–Kier alpha value is -2.08. The fourth-order valence-electron chi connectivity index (χ4n) is 2.46. The highest BCUT2D eigenvalue weighted by Gasteiger charge is 2.15. The standard InChI is InChI=1S/C19H15IO3/c1-2-7-15-14-9-4-6-11-17(14)23-19(21)18(15)22-12-13-8-3-5-10-16(13)20/h2-6,8-11H,1,7,12H2. The van der Waals surface area contributed by atoms with E-state index in [-0.39, 0.29) is 5.75 Å². The van der Waals surface area contributed by atoms with Crippen LogP contribution in [0.4, 0.5) is 0 Å². The predicted molar refractivity (Wildman–Crippen MR) is 99.9 cm³/mol. The molecule has 0 saturated carbocycles. The van der Waals surface area contributed by atoms with Gasteiger partial charge in [0.15, 0.2) is 0 Å². The zero-order valence-corrected chi connectivity index (χ0v) is 14.6. The molecule has 116 valence electrons. The summed E-state index contributed by atoms with van der Waals surface area (Å²) in [4.78, 5) is 12.3. The molecule has 0 amide bonds. The van der Waals surface area contributed by atoms with E-state index in [2.05, 4.69) is 29.2 Å². The molecule has 0 unspecified atom stereocenters. The Balaban J connectivity index is 2.04. The van der Waals surface area contributed by atoms with Gasteiger partial charge < -0.3 is 9.15 Å². The van der Waals surface area contributed by atoms with Crippen molar-refractivity contribution in [1.82, 2.24) is 0 Å². The van der Waals surface area contributed by atoms with Gasteiger partial charge in [0.1, 0.15) is 12.2 Å². The molecule has 0 aliphatic carbocycles. The number of halogens is 1. The zero-order valence-electron chi connectivity index (χ0n) is 12.4. The van der Waals surface area contributed by atoms with Gasteiger partial charge in [-0.15, -0.1) is 6.58 Å². The summed E-state index contributed by atoms with van der Waals surface area (Å²) in [5, 5.41) is 0.879. The van der Waals surface area contributed by atoms with Crippen LogP contribution in [-0.2, 0) is 13.0 Å². The van der Waals surface area contributed by atoms with E-state index in [0.717, 1.165) is 20.1 Å². The molecular formula is C19H15IO3. The van der Waals surface area contributed by atoms with E-state index in [9.17, 15) is 4.79 Å². The van der Waals surface area contributed by atoms with Crippen molar-refractivity contribution >= 4 is 33.6 Å². The first kappa shape index (κ1) is 15.8. The minimum absolute atomic E-state index is 0.267. The number of fused-ring (bicyclic) bond motifs is 1. The average Bonchev–Trinajstić information content (AvgIpc) is 2.56. The van der Waals surface area contributed by atoms with Gasteiger partial charge >= 0.3 is 5.63 Å². The van der Waals surface area contributed by atoms with Crippen molar-refractivity contribution in [3.63, 3.8) is 0 Å². The third kappa shape index (κ3) is 3.32. The Morgan fingerprint density at radius 1 is 1.13 bits per heavy atom. The van der Waals surface area contributed by atoms with Gasteiger partial charge in [-0.25, -0.2) is 4.79 Å². The highest BCUT2D eigenvalue weighted by Crippen LogP contribution is 2.26. The zero-order chi connectivity index (χ0) is 16.2. The second-order valence-electron chi connectivity index (χ2n) is 5.07. The largest absolute Gasteiger partial charge is 0.481 e. The Morgan fingerprint density at radius 3 is 2.65 bits per heavy atom. The molecule has 0 N–H and O–H groups in total. The lowest BCUT2D eigenvalue weighted by atomic mass is 10.1. The maximum absolute atomic E-state index is 12.3. The Kier molecular flexibility index (Phi) is 4.81. The molecule has 2 aromatic carbocycles. The molecule has 0 aliphatic rings. The second-order valence-corrected chi connectivity index (χ2v) is 6.23. The van der Waals surface area contributed by atoms with E-state index in [1.807, 2.05) is 42.5 Å². The number of benzene rings is 2. The highest BCUT2D eigenvalue weighted by atomic mass is 127. The van der Waals surface area contributed by atoms with Crippen molar-refractivity contribution in [2.75, 3.05) is 0 Å². The number of ether oxygens (including phenoxy) is 1. The van der Waals surface area contributed by atoms with E-state index in [1.54, 1.807) is 12.1 Å². The number of hydrogen-bond acceptors (Lipinski definition) is 3. The third-order valence-electron chi connectivity index (χ3n) is 3.55. The molecule has 3 rings (SSSR count). The van der Waals surface area contributed by atoms with Crippen LogP contribution in [0.2, 0.25) is 0 Å². The van der Waals surface area contributed by atoms with Gasteiger partial charge in [-0.3, -0.25) is 0 Å². The summed E-state index contributed by atoms with van der Waals surface area (Å²) in [5.41, 5.74) is 1.96. The van der Waals surface area contributed by atoms with Gasteiger partial charge in [0.25, 0.3) is 0 Å². The molecule has 4 heteroatoms. The SMILES string of the molecule is C=CCc1c(OCc2ccccc2I)c(=O)oc2ccccc12. The normalized spacial score (nSPS) is 10.7. The summed E-state index contributed by atoms with van der Waals surface area (Å²) < 4.78 is 12.3. The van der Waals surface area contributed by atoms with Crippen molar-refractivity contribution in [1.29, 1.82) is 0 Å². The Morgan fingerprint density at radius 2 is 1.87 bits per heavy atom. The molecular weight excluding hydrogens is 403 g/mol. The molecule has 0 aliphatic heterocycles.